The van der Waals surface area contributed by atoms with Crippen LogP contribution in [0.2, 0.25) is 0 Å². The molecule has 6 heteroatoms. The van der Waals surface area contributed by atoms with Crippen LogP contribution in [-0.2, 0) is 4.79 Å². The molecule has 2 rings (SSSR count). The van der Waals surface area contributed by atoms with E-state index in [4.69, 9.17) is 5.73 Å². The van der Waals surface area contributed by atoms with Crippen LogP contribution in [0.3, 0.4) is 0 Å². The molecule has 0 radical (unpaired) electrons. The summed E-state index contributed by atoms with van der Waals surface area (Å²) in [6.07, 6.45) is 0.619. The van der Waals surface area contributed by atoms with E-state index >= 15 is 0 Å². The summed E-state index contributed by atoms with van der Waals surface area (Å²) in [6, 6.07) is 0.0842. The highest BCUT2D eigenvalue weighted by Gasteiger charge is 2.40. The van der Waals surface area contributed by atoms with Crippen LogP contribution >= 0.6 is 0 Å². The van der Waals surface area contributed by atoms with Gasteiger partial charge in [-0.2, -0.15) is 0 Å². The second kappa shape index (κ2) is 4.18. The molecule has 0 saturated carbocycles. The third-order valence-electron chi connectivity index (χ3n) is 3.74. The summed E-state index contributed by atoms with van der Waals surface area (Å²) in [7, 11) is 0. The monoisotopic (exact) mass is 240 g/mol. The normalized spacial score (nSPS) is 27.5. The minimum Gasteiger partial charge on any atom is -0.337 e. The van der Waals surface area contributed by atoms with Crippen LogP contribution in [-0.4, -0.2) is 59.5 Å². The van der Waals surface area contributed by atoms with Crippen molar-refractivity contribution >= 4 is 11.9 Å². The first-order valence-electron chi connectivity index (χ1n) is 6.08. The van der Waals surface area contributed by atoms with Crippen molar-refractivity contribution in [2.45, 2.75) is 31.8 Å². The van der Waals surface area contributed by atoms with E-state index in [1.807, 2.05) is 6.92 Å². The van der Waals surface area contributed by atoms with Crippen molar-refractivity contribution < 1.29 is 9.59 Å². The molecule has 96 valence electrons. The SMILES string of the molecule is CCC(C)(N)C(=O)N1CCN2C(=O)NCC2C1. The van der Waals surface area contributed by atoms with Crippen molar-refractivity contribution in [3.8, 4) is 0 Å². The topological polar surface area (TPSA) is 78.7 Å². The summed E-state index contributed by atoms with van der Waals surface area (Å²) in [5.41, 5.74) is 5.17. The Balaban J connectivity index is 2.02. The summed E-state index contributed by atoms with van der Waals surface area (Å²) in [4.78, 5) is 27.2. The van der Waals surface area contributed by atoms with Crippen molar-refractivity contribution in [3.05, 3.63) is 0 Å². The van der Waals surface area contributed by atoms with Crippen LogP contribution in [0.1, 0.15) is 20.3 Å². The molecule has 0 spiro atoms. The summed E-state index contributed by atoms with van der Waals surface area (Å²) in [6.45, 7) is 6.06. The number of urea groups is 1. The molecule has 3 N–H and O–H groups in total. The average molecular weight is 240 g/mol. The van der Waals surface area contributed by atoms with Gasteiger partial charge in [0.25, 0.3) is 0 Å². The quantitative estimate of drug-likeness (QED) is 0.673. The van der Waals surface area contributed by atoms with Crippen molar-refractivity contribution in [1.82, 2.24) is 15.1 Å². The van der Waals surface area contributed by atoms with E-state index in [2.05, 4.69) is 5.32 Å². The van der Waals surface area contributed by atoms with Gasteiger partial charge >= 0.3 is 6.03 Å². The maximum Gasteiger partial charge on any atom is 0.317 e. The summed E-state index contributed by atoms with van der Waals surface area (Å²) < 4.78 is 0. The third kappa shape index (κ3) is 2.09. The number of hydrogen-bond donors (Lipinski definition) is 2. The van der Waals surface area contributed by atoms with Gasteiger partial charge in [-0.05, 0) is 13.3 Å². The molecule has 6 nitrogen and oxygen atoms in total. The maximum absolute atomic E-state index is 12.2. The van der Waals surface area contributed by atoms with Gasteiger partial charge in [0.1, 0.15) is 0 Å². The summed E-state index contributed by atoms with van der Waals surface area (Å²) >= 11 is 0. The number of nitrogens with zero attached hydrogens (tertiary/aromatic N) is 2. The Morgan fingerprint density at radius 2 is 2.29 bits per heavy atom. The molecule has 17 heavy (non-hydrogen) atoms. The number of rotatable bonds is 2. The number of nitrogens with one attached hydrogen (secondary N) is 1. The molecule has 2 saturated heterocycles. The Morgan fingerprint density at radius 3 is 2.94 bits per heavy atom. The molecule has 2 unspecified atom stereocenters. The van der Waals surface area contributed by atoms with Crippen LogP contribution in [0.4, 0.5) is 4.79 Å². The smallest absolute Gasteiger partial charge is 0.317 e. The zero-order chi connectivity index (χ0) is 12.6. The van der Waals surface area contributed by atoms with E-state index in [0.29, 0.717) is 32.6 Å². The van der Waals surface area contributed by atoms with E-state index in [9.17, 15) is 9.59 Å². The second-order valence-electron chi connectivity index (χ2n) is 5.06. The first kappa shape index (κ1) is 12.2. The van der Waals surface area contributed by atoms with Crippen molar-refractivity contribution in [3.63, 3.8) is 0 Å². The van der Waals surface area contributed by atoms with Gasteiger partial charge in [-0.25, -0.2) is 4.79 Å². The Hall–Kier alpha value is -1.30. The number of carbonyl (C=O) groups is 2. The van der Waals surface area contributed by atoms with Gasteiger partial charge < -0.3 is 20.9 Å². The lowest BCUT2D eigenvalue weighted by atomic mass is 9.97. The van der Waals surface area contributed by atoms with Crippen molar-refractivity contribution in [2.24, 2.45) is 5.73 Å². The fourth-order valence-electron chi connectivity index (χ4n) is 2.30. The lowest BCUT2D eigenvalue weighted by molar-refractivity contribution is -0.138. The second-order valence-corrected chi connectivity index (χ2v) is 5.06. The molecule has 0 aromatic rings. The zero-order valence-corrected chi connectivity index (χ0v) is 10.4. The molecular weight excluding hydrogens is 220 g/mol. The first-order valence-corrected chi connectivity index (χ1v) is 6.08. The van der Waals surface area contributed by atoms with Crippen LogP contribution in [0.5, 0.6) is 0 Å². The Morgan fingerprint density at radius 1 is 1.59 bits per heavy atom. The van der Waals surface area contributed by atoms with Crippen LogP contribution in [0.15, 0.2) is 0 Å². The highest BCUT2D eigenvalue weighted by atomic mass is 16.2. The van der Waals surface area contributed by atoms with Gasteiger partial charge in [-0.1, -0.05) is 6.92 Å². The van der Waals surface area contributed by atoms with Gasteiger partial charge in [-0.3, -0.25) is 4.79 Å². The molecule has 2 fully saturated rings. The van der Waals surface area contributed by atoms with E-state index in [0.717, 1.165) is 0 Å². The Bertz CT molecular complexity index is 342. The molecule has 0 aromatic heterocycles. The molecule has 0 aliphatic carbocycles. The molecule has 2 aliphatic heterocycles. The number of piperazine rings is 1. The van der Waals surface area contributed by atoms with Gasteiger partial charge in [0.05, 0.1) is 11.6 Å². The first-order chi connectivity index (χ1) is 7.95. The fourth-order valence-corrected chi connectivity index (χ4v) is 2.30. The molecule has 0 aromatic carbocycles. The van der Waals surface area contributed by atoms with Gasteiger partial charge in [-0.15, -0.1) is 0 Å². The minimum atomic E-state index is -0.793. The highest BCUT2D eigenvalue weighted by molar-refractivity contribution is 5.86. The molecule has 2 heterocycles. The van der Waals surface area contributed by atoms with E-state index in [1.165, 1.54) is 0 Å². The van der Waals surface area contributed by atoms with Gasteiger partial charge in [0, 0.05) is 26.2 Å². The van der Waals surface area contributed by atoms with Gasteiger partial charge in [0.15, 0.2) is 0 Å². The molecule has 0 bridgehead atoms. The number of amides is 3. The predicted molar refractivity (Wildman–Crippen MR) is 63.4 cm³/mol. The molecule has 2 atom stereocenters. The number of nitrogens with two attached hydrogens (primary N) is 1. The van der Waals surface area contributed by atoms with Crippen molar-refractivity contribution in [2.75, 3.05) is 26.2 Å². The third-order valence-corrected chi connectivity index (χ3v) is 3.74. The minimum absolute atomic E-state index is 0.0148. The number of carbonyl (C=O) groups excluding carboxylic acids is 2. The zero-order valence-electron chi connectivity index (χ0n) is 10.4. The Labute approximate surface area is 101 Å². The van der Waals surface area contributed by atoms with Crippen LogP contribution < -0.4 is 11.1 Å². The highest BCUT2D eigenvalue weighted by Crippen LogP contribution is 2.18. The molecule has 3 amide bonds. The summed E-state index contributed by atoms with van der Waals surface area (Å²) in [5, 5.41) is 2.79. The van der Waals surface area contributed by atoms with Crippen LogP contribution in [0.25, 0.3) is 0 Å². The molecule has 2 aliphatic rings. The molecular formula is C11H20N4O2. The van der Waals surface area contributed by atoms with E-state index in [1.54, 1.807) is 16.7 Å². The number of hydrogen-bond acceptors (Lipinski definition) is 3. The van der Waals surface area contributed by atoms with Crippen LogP contribution in [0, 0.1) is 0 Å². The largest absolute Gasteiger partial charge is 0.337 e. The summed E-state index contributed by atoms with van der Waals surface area (Å²) in [5.74, 6) is -0.0148. The fraction of sp³-hybridized carbons (Fsp3) is 0.818. The average Bonchev–Trinajstić information content (AvgIpc) is 2.69. The van der Waals surface area contributed by atoms with Crippen molar-refractivity contribution in [1.29, 1.82) is 0 Å². The number of fused-ring (bicyclic) bond motifs is 1. The van der Waals surface area contributed by atoms with E-state index < -0.39 is 5.54 Å². The van der Waals surface area contributed by atoms with Gasteiger partial charge in [0.2, 0.25) is 5.91 Å². The standard InChI is InChI=1S/C11H20N4O2/c1-3-11(2,12)9(16)14-4-5-15-8(7-14)6-13-10(15)17/h8H,3-7,12H2,1-2H3,(H,13,17). The van der Waals surface area contributed by atoms with E-state index in [-0.39, 0.29) is 18.0 Å². The maximum atomic E-state index is 12.2. The Kier molecular flexibility index (Phi) is 2.99. The lowest BCUT2D eigenvalue weighted by Crippen LogP contribution is -2.60. The lowest BCUT2D eigenvalue weighted by Gasteiger charge is -2.39. The predicted octanol–water partition coefficient (Wildman–Crippen LogP) is -0.650.